The smallest absolute Gasteiger partial charge is 0.104 e. The molecule has 3 N–H and O–H groups in total. The van der Waals surface area contributed by atoms with E-state index in [0.29, 0.717) is 6.54 Å². The van der Waals surface area contributed by atoms with Crippen LogP contribution in [-0.2, 0) is 18.4 Å². The van der Waals surface area contributed by atoms with Crippen molar-refractivity contribution in [2.45, 2.75) is 32.3 Å². The molecule has 1 aromatic carbocycles. The van der Waals surface area contributed by atoms with Gasteiger partial charge in [0, 0.05) is 16.8 Å². The highest BCUT2D eigenvalue weighted by atomic mass is 32.1. The van der Waals surface area contributed by atoms with Crippen molar-refractivity contribution >= 4 is 11.3 Å². The second kappa shape index (κ2) is 4.69. The molecule has 1 heterocycles. The molecule has 0 bridgehead atoms. The molecule has 1 aromatic heterocycles. The molecule has 1 unspecified atom stereocenters. The van der Waals surface area contributed by atoms with Crippen LogP contribution in [0.3, 0.4) is 0 Å². The van der Waals surface area contributed by atoms with Crippen molar-refractivity contribution in [2.75, 3.05) is 6.54 Å². The minimum Gasteiger partial charge on any atom is -0.384 e. The third-order valence-electron chi connectivity index (χ3n) is 4.90. The molecule has 1 aliphatic carbocycles. The lowest BCUT2D eigenvalue weighted by atomic mass is 9.69. The van der Waals surface area contributed by atoms with E-state index >= 15 is 0 Å². The lowest BCUT2D eigenvalue weighted by Gasteiger charge is -2.42. The molecule has 2 aromatic rings. The van der Waals surface area contributed by atoms with Crippen molar-refractivity contribution in [1.82, 2.24) is 0 Å². The first-order valence-corrected chi connectivity index (χ1v) is 7.92. The Labute approximate surface area is 124 Å². The Morgan fingerprint density at radius 3 is 2.30 bits per heavy atom. The summed E-state index contributed by atoms with van der Waals surface area (Å²) in [5.41, 5.74) is 8.75. The fourth-order valence-electron chi connectivity index (χ4n) is 3.49. The van der Waals surface area contributed by atoms with Crippen molar-refractivity contribution in [1.29, 1.82) is 0 Å². The molecule has 0 amide bonds. The van der Waals surface area contributed by atoms with Gasteiger partial charge in [-0.2, -0.15) is 0 Å². The summed E-state index contributed by atoms with van der Waals surface area (Å²) in [4.78, 5) is 1.05. The van der Waals surface area contributed by atoms with E-state index < -0.39 is 5.60 Å². The summed E-state index contributed by atoms with van der Waals surface area (Å²) in [6, 6.07) is 10.5. The van der Waals surface area contributed by atoms with Gasteiger partial charge in [0.15, 0.2) is 0 Å². The molecule has 2 nitrogen and oxygen atoms in total. The van der Waals surface area contributed by atoms with Gasteiger partial charge in [-0.1, -0.05) is 24.3 Å². The van der Waals surface area contributed by atoms with Crippen molar-refractivity contribution in [3.05, 3.63) is 57.3 Å². The van der Waals surface area contributed by atoms with Gasteiger partial charge in [-0.15, -0.1) is 11.3 Å². The highest BCUT2D eigenvalue weighted by Crippen LogP contribution is 2.50. The van der Waals surface area contributed by atoms with Gasteiger partial charge in [-0.05, 0) is 54.8 Å². The summed E-state index contributed by atoms with van der Waals surface area (Å²) < 4.78 is 0. The standard InChI is InChI=1S/C17H21NOS/c1-12-7-8-20-15(12)16(2,19)17(11-18)9-13-5-3-4-6-14(13)10-17/h3-8,19H,9-11,18H2,1-2H3. The van der Waals surface area contributed by atoms with E-state index in [4.69, 9.17) is 5.73 Å². The predicted molar refractivity (Wildman–Crippen MR) is 84.0 cm³/mol. The van der Waals surface area contributed by atoms with Crippen LogP contribution in [0.1, 0.15) is 28.5 Å². The number of hydrogen-bond acceptors (Lipinski definition) is 3. The van der Waals surface area contributed by atoms with Crippen LogP contribution >= 0.6 is 11.3 Å². The van der Waals surface area contributed by atoms with Gasteiger partial charge in [-0.3, -0.25) is 0 Å². The van der Waals surface area contributed by atoms with Crippen LogP contribution in [0, 0.1) is 12.3 Å². The van der Waals surface area contributed by atoms with Crippen LogP contribution in [0.2, 0.25) is 0 Å². The molecule has 3 rings (SSSR count). The molecule has 20 heavy (non-hydrogen) atoms. The molecular weight excluding hydrogens is 266 g/mol. The van der Waals surface area contributed by atoms with Crippen LogP contribution in [0.5, 0.6) is 0 Å². The molecule has 1 aliphatic rings. The van der Waals surface area contributed by atoms with Gasteiger partial charge in [0.05, 0.1) is 0 Å². The minimum absolute atomic E-state index is 0.299. The Morgan fingerprint density at radius 2 is 1.85 bits per heavy atom. The van der Waals surface area contributed by atoms with E-state index in [9.17, 15) is 5.11 Å². The molecular formula is C17H21NOS. The van der Waals surface area contributed by atoms with Gasteiger partial charge in [0.25, 0.3) is 0 Å². The minimum atomic E-state index is -0.890. The molecule has 0 fully saturated rings. The normalized spacial score (nSPS) is 19.6. The van der Waals surface area contributed by atoms with E-state index in [1.165, 1.54) is 11.1 Å². The number of rotatable bonds is 3. The first kappa shape index (κ1) is 13.8. The molecule has 0 aliphatic heterocycles. The fourth-order valence-corrected chi connectivity index (χ4v) is 4.60. The van der Waals surface area contributed by atoms with Crippen molar-refractivity contribution in [2.24, 2.45) is 11.1 Å². The van der Waals surface area contributed by atoms with Crippen molar-refractivity contribution in [3.8, 4) is 0 Å². The van der Waals surface area contributed by atoms with Gasteiger partial charge in [-0.25, -0.2) is 0 Å². The largest absolute Gasteiger partial charge is 0.384 e. The first-order valence-electron chi connectivity index (χ1n) is 7.04. The number of aliphatic hydroxyl groups is 1. The summed E-state index contributed by atoms with van der Waals surface area (Å²) in [7, 11) is 0. The lowest BCUT2D eigenvalue weighted by Crippen LogP contribution is -2.49. The molecule has 1 atom stereocenters. The second-order valence-corrected chi connectivity index (χ2v) is 7.03. The molecule has 0 saturated carbocycles. The Bertz CT molecular complexity index is 604. The van der Waals surface area contributed by atoms with E-state index in [-0.39, 0.29) is 5.41 Å². The van der Waals surface area contributed by atoms with E-state index in [1.54, 1.807) is 11.3 Å². The van der Waals surface area contributed by atoms with Crippen LogP contribution in [0.25, 0.3) is 0 Å². The summed E-state index contributed by atoms with van der Waals surface area (Å²) in [6.07, 6.45) is 1.70. The number of benzene rings is 1. The molecule has 106 valence electrons. The number of thiophene rings is 1. The van der Waals surface area contributed by atoms with Crippen LogP contribution in [-0.4, -0.2) is 11.7 Å². The van der Waals surface area contributed by atoms with E-state index in [2.05, 4.69) is 37.3 Å². The Hall–Kier alpha value is -1.16. The van der Waals surface area contributed by atoms with Gasteiger partial charge < -0.3 is 10.8 Å². The van der Waals surface area contributed by atoms with Crippen molar-refractivity contribution in [3.63, 3.8) is 0 Å². The summed E-state index contributed by atoms with van der Waals surface area (Å²) in [5, 5.41) is 13.4. The zero-order chi connectivity index (χ0) is 14.4. The monoisotopic (exact) mass is 287 g/mol. The molecule has 0 saturated heterocycles. The average molecular weight is 287 g/mol. The first-order chi connectivity index (χ1) is 9.50. The quantitative estimate of drug-likeness (QED) is 0.911. The molecule has 0 radical (unpaired) electrons. The fraction of sp³-hybridized carbons (Fsp3) is 0.412. The number of aryl methyl sites for hydroxylation is 1. The molecule has 3 heteroatoms. The van der Waals surface area contributed by atoms with Crippen molar-refractivity contribution < 1.29 is 5.11 Å². The Balaban J connectivity index is 2.06. The highest BCUT2D eigenvalue weighted by Gasteiger charge is 2.51. The maximum atomic E-state index is 11.3. The summed E-state index contributed by atoms with van der Waals surface area (Å²) in [6.45, 7) is 4.49. The third-order valence-corrected chi connectivity index (χ3v) is 6.13. The summed E-state index contributed by atoms with van der Waals surface area (Å²) in [5.74, 6) is 0. The Kier molecular flexibility index (Phi) is 3.24. The lowest BCUT2D eigenvalue weighted by molar-refractivity contribution is -0.0649. The van der Waals surface area contributed by atoms with Gasteiger partial charge in [0.1, 0.15) is 5.60 Å². The van der Waals surface area contributed by atoms with Gasteiger partial charge >= 0.3 is 0 Å². The highest BCUT2D eigenvalue weighted by molar-refractivity contribution is 7.10. The third kappa shape index (κ3) is 1.85. The number of hydrogen-bond donors (Lipinski definition) is 2. The average Bonchev–Trinajstić information content (AvgIpc) is 3.02. The van der Waals surface area contributed by atoms with Crippen LogP contribution in [0.15, 0.2) is 35.7 Å². The second-order valence-electron chi connectivity index (χ2n) is 6.11. The molecule has 0 spiro atoms. The number of fused-ring (bicyclic) bond motifs is 1. The van der Waals surface area contributed by atoms with Crippen LogP contribution < -0.4 is 5.73 Å². The van der Waals surface area contributed by atoms with E-state index in [0.717, 1.165) is 23.3 Å². The topological polar surface area (TPSA) is 46.2 Å². The summed E-state index contributed by atoms with van der Waals surface area (Å²) >= 11 is 1.63. The number of nitrogens with two attached hydrogens (primary N) is 1. The zero-order valence-corrected chi connectivity index (χ0v) is 12.8. The van der Waals surface area contributed by atoms with Crippen LogP contribution in [0.4, 0.5) is 0 Å². The predicted octanol–water partition coefficient (Wildman–Crippen LogP) is 3.01. The maximum Gasteiger partial charge on any atom is 0.104 e. The Morgan fingerprint density at radius 1 is 1.25 bits per heavy atom. The maximum absolute atomic E-state index is 11.3. The zero-order valence-electron chi connectivity index (χ0n) is 12.0. The SMILES string of the molecule is Cc1ccsc1C(C)(O)C1(CN)Cc2ccccc2C1. The van der Waals surface area contributed by atoms with Gasteiger partial charge in [0.2, 0.25) is 0 Å². The van der Waals surface area contributed by atoms with E-state index in [1.807, 2.05) is 12.3 Å².